The van der Waals surface area contributed by atoms with Crippen LogP contribution in [0.15, 0.2) is 84.9 Å². The third kappa shape index (κ3) is 6.61. The second-order valence-electron chi connectivity index (χ2n) is 11.2. The predicted molar refractivity (Wildman–Crippen MR) is 155 cm³/mol. The number of hydrogen-bond acceptors (Lipinski definition) is 4. The van der Waals surface area contributed by atoms with Crippen molar-refractivity contribution in [3.8, 4) is 0 Å². The van der Waals surface area contributed by atoms with Gasteiger partial charge in [-0.1, -0.05) is 98.8 Å². The van der Waals surface area contributed by atoms with Gasteiger partial charge < -0.3 is 14.7 Å². The molecule has 0 saturated carbocycles. The van der Waals surface area contributed by atoms with Gasteiger partial charge in [-0.2, -0.15) is 0 Å². The molecule has 3 aromatic rings. The fourth-order valence-electron chi connectivity index (χ4n) is 5.75. The fraction of sp³-hybridized carbons (Fsp3) is 0.441. The lowest BCUT2D eigenvalue weighted by molar-refractivity contribution is -0.0142. The molecule has 1 aliphatic heterocycles. The van der Waals surface area contributed by atoms with Gasteiger partial charge in [-0.05, 0) is 68.4 Å². The summed E-state index contributed by atoms with van der Waals surface area (Å²) in [6, 6.07) is 28.2. The number of ketones is 1. The summed E-state index contributed by atoms with van der Waals surface area (Å²) >= 11 is 0. The van der Waals surface area contributed by atoms with Crippen LogP contribution >= 0.6 is 0 Å². The molecule has 0 aliphatic carbocycles. The second-order valence-corrected chi connectivity index (χ2v) is 11.2. The number of benzene rings is 3. The highest BCUT2D eigenvalue weighted by atomic mass is 16.5. The van der Waals surface area contributed by atoms with Crippen molar-refractivity contribution in [2.75, 3.05) is 32.8 Å². The van der Waals surface area contributed by atoms with E-state index in [4.69, 9.17) is 4.74 Å². The molecular weight excluding hydrogens is 470 g/mol. The maximum absolute atomic E-state index is 12.8. The molecule has 1 saturated heterocycles. The first-order valence-electron chi connectivity index (χ1n) is 14.1. The van der Waals surface area contributed by atoms with E-state index < -0.39 is 5.60 Å². The normalized spacial score (nSPS) is 15.5. The molecule has 1 fully saturated rings. The van der Waals surface area contributed by atoms with Gasteiger partial charge in [0, 0.05) is 24.0 Å². The molecule has 0 bridgehead atoms. The van der Waals surface area contributed by atoms with Crippen LogP contribution in [0.2, 0.25) is 0 Å². The van der Waals surface area contributed by atoms with Crippen LogP contribution in [0.1, 0.15) is 73.5 Å². The summed E-state index contributed by atoms with van der Waals surface area (Å²) in [5, 5.41) is 12.1. The zero-order chi connectivity index (χ0) is 27.0. The highest BCUT2D eigenvalue weighted by Gasteiger charge is 2.41. The lowest BCUT2D eigenvalue weighted by Crippen LogP contribution is -2.44. The molecule has 38 heavy (non-hydrogen) atoms. The summed E-state index contributed by atoms with van der Waals surface area (Å²) in [4.78, 5) is 15.3. The monoisotopic (exact) mass is 513 g/mol. The Labute approximate surface area is 228 Å². The predicted octanol–water partition coefficient (Wildman–Crippen LogP) is 6.61. The second kappa shape index (κ2) is 12.8. The lowest BCUT2D eigenvalue weighted by atomic mass is 9.72. The zero-order valence-corrected chi connectivity index (χ0v) is 23.2. The molecule has 0 unspecified atom stereocenters. The smallest absolute Gasteiger partial charge is 0.162 e. The number of nitrogens with zero attached hydrogens (tertiary/aromatic N) is 1. The van der Waals surface area contributed by atoms with Crippen molar-refractivity contribution in [2.45, 2.75) is 57.5 Å². The Balaban J connectivity index is 1.29. The first kappa shape index (κ1) is 28.2. The van der Waals surface area contributed by atoms with Crippen molar-refractivity contribution in [2.24, 2.45) is 5.92 Å². The summed E-state index contributed by atoms with van der Waals surface area (Å²) in [5.74, 6) is 0.354. The summed E-state index contributed by atoms with van der Waals surface area (Å²) < 4.78 is 5.63. The minimum absolute atomic E-state index is 0.0725. The SMILES string of the molecule is CCOCC(C)(C)c1ccc(C(=O)CCCN2CCC(C(O)(c3ccccc3)c3ccccc3)CC2)cc1. The van der Waals surface area contributed by atoms with E-state index in [1.807, 2.05) is 79.7 Å². The number of piperidine rings is 1. The highest BCUT2D eigenvalue weighted by Crippen LogP contribution is 2.41. The molecular formula is C34H43NO3. The van der Waals surface area contributed by atoms with Crippen LogP contribution in [0, 0.1) is 5.92 Å². The molecule has 1 aliphatic rings. The van der Waals surface area contributed by atoms with Crippen LogP contribution in [0.4, 0.5) is 0 Å². The Morgan fingerprint density at radius 3 is 1.95 bits per heavy atom. The first-order valence-corrected chi connectivity index (χ1v) is 14.1. The van der Waals surface area contributed by atoms with E-state index in [2.05, 4.69) is 30.9 Å². The average molecular weight is 514 g/mol. The van der Waals surface area contributed by atoms with E-state index in [0.29, 0.717) is 19.6 Å². The maximum atomic E-state index is 12.8. The lowest BCUT2D eigenvalue weighted by Gasteiger charge is -2.42. The van der Waals surface area contributed by atoms with Gasteiger partial charge in [0.05, 0.1) is 6.61 Å². The van der Waals surface area contributed by atoms with Crippen LogP contribution in [-0.4, -0.2) is 48.6 Å². The zero-order valence-electron chi connectivity index (χ0n) is 23.2. The Morgan fingerprint density at radius 2 is 1.42 bits per heavy atom. The number of hydrogen-bond donors (Lipinski definition) is 1. The summed E-state index contributed by atoms with van der Waals surface area (Å²) in [6.45, 7) is 10.5. The number of carbonyl (C=O) groups is 1. The Morgan fingerprint density at radius 1 is 0.868 bits per heavy atom. The third-order valence-corrected chi connectivity index (χ3v) is 8.14. The molecule has 4 heteroatoms. The molecule has 1 heterocycles. The minimum Gasteiger partial charge on any atom is -0.381 e. The number of Topliss-reactive ketones (excluding diaryl/α,β-unsaturated/α-hetero) is 1. The molecule has 0 radical (unpaired) electrons. The van der Waals surface area contributed by atoms with Crippen LogP contribution in [0.5, 0.6) is 0 Å². The molecule has 202 valence electrons. The van der Waals surface area contributed by atoms with Gasteiger partial charge in [-0.25, -0.2) is 0 Å². The Kier molecular flexibility index (Phi) is 9.54. The molecule has 0 atom stereocenters. The molecule has 4 rings (SSSR count). The van der Waals surface area contributed by atoms with Gasteiger partial charge in [0.1, 0.15) is 5.60 Å². The molecule has 1 N–H and O–H groups in total. The van der Waals surface area contributed by atoms with E-state index in [1.54, 1.807) is 0 Å². The first-order chi connectivity index (χ1) is 18.3. The van der Waals surface area contributed by atoms with Crippen molar-refractivity contribution in [1.29, 1.82) is 0 Å². The number of rotatable bonds is 12. The molecule has 3 aromatic carbocycles. The third-order valence-electron chi connectivity index (χ3n) is 8.14. The van der Waals surface area contributed by atoms with E-state index in [1.165, 1.54) is 5.56 Å². The van der Waals surface area contributed by atoms with Crippen LogP contribution in [0.25, 0.3) is 0 Å². The molecule has 0 amide bonds. The Hall–Kier alpha value is -2.79. The van der Waals surface area contributed by atoms with Gasteiger partial charge in [0.2, 0.25) is 0 Å². The van der Waals surface area contributed by atoms with E-state index in [9.17, 15) is 9.90 Å². The van der Waals surface area contributed by atoms with Crippen LogP contribution in [0.3, 0.4) is 0 Å². The van der Waals surface area contributed by atoms with Crippen LogP contribution in [-0.2, 0) is 15.8 Å². The summed E-state index contributed by atoms with van der Waals surface area (Å²) in [6.07, 6.45) is 3.25. The average Bonchev–Trinajstić information content (AvgIpc) is 2.97. The molecule has 4 nitrogen and oxygen atoms in total. The van der Waals surface area contributed by atoms with Gasteiger partial charge in [-0.3, -0.25) is 4.79 Å². The summed E-state index contributed by atoms with van der Waals surface area (Å²) in [5.41, 5.74) is 2.84. The quantitative estimate of drug-likeness (QED) is 0.277. The maximum Gasteiger partial charge on any atom is 0.162 e. The van der Waals surface area contributed by atoms with E-state index >= 15 is 0 Å². The van der Waals surface area contributed by atoms with E-state index in [-0.39, 0.29) is 17.1 Å². The van der Waals surface area contributed by atoms with Crippen molar-refractivity contribution in [3.63, 3.8) is 0 Å². The van der Waals surface area contributed by atoms with Gasteiger partial charge >= 0.3 is 0 Å². The highest BCUT2D eigenvalue weighted by molar-refractivity contribution is 5.96. The molecule has 0 spiro atoms. The van der Waals surface area contributed by atoms with Gasteiger partial charge in [0.15, 0.2) is 5.78 Å². The van der Waals surface area contributed by atoms with Crippen molar-refractivity contribution >= 4 is 5.78 Å². The minimum atomic E-state index is -0.992. The van der Waals surface area contributed by atoms with E-state index in [0.717, 1.165) is 55.6 Å². The molecule has 0 aromatic heterocycles. The summed E-state index contributed by atoms with van der Waals surface area (Å²) in [7, 11) is 0. The largest absolute Gasteiger partial charge is 0.381 e. The van der Waals surface area contributed by atoms with Gasteiger partial charge in [-0.15, -0.1) is 0 Å². The van der Waals surface area contributed by atoms with Crippen LogP contribution < -0.4 is 0 Å². The number of carbonyl (C=O) groups excluding carboxylic acids is 1. The number of ether oxygens (including phenoxy) is 1. The number of likely N-dealkylation sites (tertiary alicyclic amines) is 1. The standard InChI is InChI=1S/C34H43NO3/c1-4-38-26-33(2,3)28-19-17-27(18-20-28)32(36)16-11-23-35-24-21-31(22-25-35)34(37,29-12-7-5-8-13-29)30-14-9-6-10-15-30/h5-10,12-15,17-20,31,37H,4,11,16,21-26H2,1-3H3. The van der Waals surface area contributed by atoms with Crippen molar-refractivity contribution < 1.29 is 14.6 Å². The fourth-order valence-corrected chi connectivity index (χ4v) is 5.75. The Bertz CT molecular complexity index is 1090. The topological polar surface area (TPSA) is 49.8 Å². The number of aliphatic hydroxyl groups is 1. The van der Waals surface area contributed by atoms with Gasteiger partial charge in [0.25, 0.3) is 0 Å². The van der Waals surface area contributed by atoms with Crippen molar-refractivity contribution in [1.82, 2.24) is 4.90 Å². The van der Waals surface area contributed by atoms with Crippen molar-refractivity contribution in [3.05, 3.63) is 107 Å².